The van der Waals surface area contributed by atoms with Crippen LogP contribution in [0, 0.1) is 0 Å². The van der Waals surface area contributed by atoms with Crippen molar-refractivity contribution in [3.8, 4) is 0 Å². The number of aliphatic hydroxyl groups is 1. The van der Waals surface area contributed by atoms with Crippen molar-refractivity contribution < 1.29 is 47.8 Å². The number of amides is 1. The summed E-state index contributed by atoms with van der Waals surface area (Å²) in [5.41, 5.74) is 0. The van der Waals surface area contributed by atoms with E-state index in [1.807, 2.05) is 6.08 Å². The van der Waals surface area contributed by atoms with Gasteiger partial charge in [-0.05, 0) is 64.2 Å². The Morgan fingerprint density at radius 2 is 1.16 bits per heavy atom. The molecule has 0 fully saturated rings. The molecular formula is C38H62NO10P. The number of hydrogen-bond acceptors (Lipinski definition) is 8. The molecule has 0 saturated heterocycles. The van der Waals surface area contributed by atoms with Crippen molar-refractivity contribution in [3.63, 3.8) is 0 Å². The number of aliphatic hydroxyl groups excluding tert-OH is 1. The second-order valence-electron chi connectivity index (χ2n) is 11.7. The summed E-state index contributed by atoms with van der Waals surface area (Å²) >= 11 is 0. The van der Waals surface area contributed by atoms with E-state index in [4.69, 9.17) is 9.26 Å². The van der Waals surface area contributed by atoms with Gasteiger partial charge in [-0.15, -0.1) is 0 Å². The van der Waals surface area contributed by atoms with Crippen LogP contribution in [0.4, 0.5) is 0 Å². The normalized spacial score (nSPS) is 14.8. The monoisotopic (exact) mass is 723 g/mol. The number of carboxylic acids is 1. The summed E-state index contributed by atoms with van der Waals surface area (Å²) in [5, 5.41) is 21.6. The van der Waals surface area contributed by atoms with Crippen molar-refractivity contribution in [2.24, 2.45) is 0 Å². The molecule has 0 aliphatic rings. The lowest BCUT2D eigenvalue weighted by molar-refractivity contribution is -0.147. The number of esters is 1. The summed E-state index contributed by atoms with van der Waals surface area (Å²) in [4.78, 5) is 45.4. The third-order valence-electron chi connectivity index (χ3n) is 7.01. The number of aliphatic carboxylic acids is 1. The number of allylic oxidation sites excluding steroid dienone is 12. The Morgan fingerprint density at radius 1 is 0.660 bits per heavy atom. The van der Waals surface area contributed by atoms with Crippen molar-refractivity contribution in [1.29, 1.82) is 0 Å². The maximum absolute atomic E-state index is 12.2. The van der Waals surface area contributed by atoms with Crippen LogP contribution >= 0.6 is 7.82 Å². The highest BCUT2D eigenvalue weighted by molar-refractivity contribution is 7.47. The molecule has 0 aliphatic carbocycles. The highest BCUT2D eigenvalue weighted by atomic mass is 31.2. The Morgan fingerprint density at radius 3 is 1.70 bits per heavy atom. The Kier molecular flexibility index (Phi) is 31.0. The molecule has 0 radical (unpaired) electrons. The summed E-state index contributed by atoms with van der Waals surface area (Å²) in [5.74, 6) is -2.46. The largest absolute Gasteiger partial charge is 0.480 e. The van der Waals surface area contributed by atoms with Crippen molar-refractivity contribution in [3.05, 3.63) is 72.9 Å². The van der Waals surface area contributed by atoms with Crippen LogP contribution in [0.3, 0.4) is 0 Å². The minimum absolute atomic E-state index is 0.0866. The molecule has 0 bridgehead atoms. The van der Waals surface area contributed by atoms with Gasteiger partial charge in [0.05, 0.1) is 13.2 Å². The van der Waals surface area contributed by atoms with Crippen molar-refractivity contribution in [2.45, 2.75) is 129 Å². The first kappa shape index (κ1) is 46.9. The summed E-state index contributed by atoms with van der Waals surface area (Å²) in [6.45, 7) is 2.29. The molecule has 0 spiro atoms. The number of phosphoric acid groups is 1. The second-order valence-corrected chi connectivity index (χ2v) is 13.1. The van der Waals surface area contributed by atoms with Gasteiger partial charge in [0, 0.05) is 12.8 Å². The van der Waals surface area contributed by atoms with Crippen LogP contribution < -0.4 is 5.32 Å². The fourth-order valence-electron chi connectivity index (χ4n) is 4.20. The molecule has 284 valence electrons. The zero-order chi connectivity index (χ0) is 37.1. The van der Waals surface area contributed by atoms with E-state index >= 15 is 0 Å². The predicted molar refractivity (Wildman–Crippen MR) is 198 cm³/mol. The van der Waals surface area contributed by atoms with E-state index in [0.717, 1.165) is 77.0 Å². The first-order valence-electron chi connectivity index (χ1n) is 18.0. The summed E-state index contributed by atoms with van der Waals surface area (Å²) in [7, 11) is -4.75. The molecule has 3 unspecified atom stereocenters. The molecule has 0 aromatic heterocycles. The zero-order valence-electron chi connectivity index (χ0n) is 30.2. The van der Waals surface area contributed by atoms with Crippen LogP contribution in [0.15, 0.2) is 72.9 Å². The van der Waals surface area contributed by atoms with Gasteiger partial charge in [-0.2, -0.15) is 0 Å². The number of unbranched alkanes of at least 4 members (excludes halogenated alkanes) is 6. The van der Waals surface area contributed by atoms with Crippen LogP contribution in [-0.4, -0.2) is 64.9 Å². The Bertz CT molecular complexity index is 1130. The Hall–Kier alpha value is -3.08. The van der Waals surface area contributed by atoms with Crippen molar-refractivity contribution >= 4 is 25.7 Å². The number of phosphoric ester groups is 1. The molecule has 12 heteroatoms. The smallest absolute Gasteiger partial charge is 0.472 e. The standard InChI is InChI=1S/C38H62NO10P/c1-3-5-7-9-10-11-12-13-14-15-16-17-18-19-20-21-22-23-24-26-27-29-36(41)39-35(38(43)44)33-49-50(45,46)48-32-34(40)31-47-37(42)30-28-25-8-6-4-2/h5,7,10-11,13-14,16-17,19-20,22-23,34-35,40H,3-4,6,8-9,12,15,18,21,24-33H2,1-2H3,(H,39,41)(H,43,44)(H,45,46)/b7-5-,11-10-,14-13-,17-16-,20-19-,23-22-. The molecule has 0 aromatic carbocycles. The number of carbonyl (C=O) groups is 3. The van der Waals surface area contributed by atoms with Gasteiger partial charge >= 0.3 is 19.8 Å². The van der Waals surface area contributed by atoms with E-state index in [-0.39, 0.29) is 12.8 Å². The van der Waals surface area contributed by atoms with Crippen LogP contribution in [0.25, 0.3) is 0 Å². The minimum atomic E-state index is -4.75. The number of rotatable bonds is 32. The van der Waals surface area contributed by atoms with E-state index < -0.39 is 57.6 Å². The minimum Gasteiger partial charge on any atom is -0.480 e. The van der Waals surface area contributed by atoms with Gasteiger partial charge in [0.2, 0.25) is 5.91 Å². The number of nitrogens with one attached hydrogen (secondary N) is 1. The number of ether oxygens (including phenoxy) is 1. The molecule has 1 amide bonds. The summed E-state index contributed by atoms with van der Waals surface area (Å²) < 4.78 is 26.5. The van der Waals surface area contributed by atoms with E-state index in [0.29, 0.717) is 12.8 Å². The lowest BCUT2D eigenvalue weighted by Crippen LogP contribution is -2.43. The molecule has 3 atom stereocenters. The maximum Gasteiger partial charge on any atom is 0.472 e. The molecule has 0 aliphatic heterocycles. The number of hydrogen-bond donors (Lipinski definition) is 4. The van der Waals surface area contributed by atoms with Crippen LogP contribution in [0.1, 0.15) is 117 Å². The van der Waals surface area contributed by atoms with Crippen molar-refractivity contribution in [1.82, 2.24) is 5.32 Å². The van der Waals surface area contributed by atoms with E-state index in [9.17, 15) is 34.1 Å². The molecule has 0 saturated carbocycles. The van der Waals surface area contributed by atoms with Crippen LogP contribution in [0.2, 0.25) is 0 Å². The van der Waals surface area contributed by atoms with Gasteiger partial charge in [0.15, 0.2) is 6.04 Å². The van der Waals surface area contributed by atoms with E-state index in [2.05, 4.69) is 90.5 Å². The molecular weight excluding hydrogens is 661 g/mol. The first-order chi connectivity index (χ1) is 24.1. The number of carboxylic acid groups (broad SMARTS) is 1. The number of carbonyl (C=O) groups excluding carboxylic acids is 2. The highest BCUT2D eigenvalue weighted by Crippen LogP contribution is 2.43. The molecule has 11 nitrogen and oxygen atoms in total. The fraction of sp³-hybridized carbons (Fsp3) is 0.605. The summed E-state index contributed by atoms with van der Waals surface area (Å²) in [6, 6.07) is -1.57. The van der Waals surface area contributed by atoms with Gasteiger partial charge in [0.1, 0.15) is 12.7 Å². The van der Waals surface area contributed by atoms with Crippen LogP contribution in [0.5, 0.6) is 0 Å². The van der Waals surface area contributed by atoms with Gasteiger partial charge in [-0.25, -0.2) is 9.36 Å². The predicted octanol–water partition coefficient (Wildman–Crippen LogP) is 8.21. The van der Waals surface area contributed by atoms with E-state index in [1.165, 1.54) is 0 Å². The molecule has 0 rings (SSSR count). The topological polar surface area (TPSA) is 169 Å². The second kappa shape index (κ2) is 33.1. The quantitative estimate of drug-likeness (QED) is 0.0230. The van der Waals surface area contributed by atoms with Crippen LogP contribution in [-0.2, 0) is 32.7 Å². The van der Waals surface area contributed by atoms with Gasteiger partial charge in [-0.1, -0.05) is 112 Å². The average molecular weight is 724 g/mol. The van der Waals surface area contributed by atoms with Gasteiger partial charge in [0.25, 0.3) is 0 Å². The third kappa shape index (κ3) is 32.1. The fourth-order valence-corrected chi connectivity index (χ4v) is 4.97. The average Bonchev–Trinajstić information content (AvgIpc) is 3.08. The summed E-state index contributed by atoms with van der Waals surface area (Å²) in [6.07, 6.45) is 37.1. The Balaban J connectivity index is 4.08. The highest BCUT2D eigenvalue weighted by Gasteiger charge is 2.28. The first-order valence-corrected chi connectivity index (χ1v) is 19.5. The Labute approximate surface area is 299 Å². The third-order valence-corrected chi connectivity index (χ3v) is 7.96. The van der Waals surface area contributed by atoms with Gasteiger partial charge < -0.3 is 25.2 Å². The molecule has 0 aromatic rings. The van der Waals surface area contributed by atoms with Gasteiger partial charge in [-0.3, -0.25) is 18.6 Å². The zero-order valence-corrected chi connectivity index (χ0v) is 31.1. The van der Waals surface area contributed by atoms with E-state index in [1.54, 1.807) is 0 Å². The SMILES string of the molecule is CC/C=C\C/C=C\C/C=C\C/C=C\C/C=C\C/C=C\CCCCC(=O)NC(COP(=O)(O)OCC(O)COC(=O)CCCCCCC)C(=O)O. The lowest BCUT2D eigenvalue weighted by atomic mass is 10.1. The lowest BCUT2D eigenvalue weighted by Gasteiger charge is -2.18. The molecule has 50 heavy (non-hydrogen) atoms. The van der Waals surface area contributed by atoms with Crippen molar-refractivity contribution in [2.75, 3.05) is 19.8 Å². The maximum atomic E-state index is 12.2. The molecule has 0 heterocycles. The molecule has 4 N–H and O–H groups in total.